The predicted octanol–water partition coefficient (Wildman–Crippen LogP) is 6.24. The number of nitro benzene ring substituents is 2. The molecule has 1 unspecified atom stereocenters. The molecule has 0 saturated carbocycles. The highest BCUT2D eigenvalue weighted by Gasteiger charge is 2.19. The quantitative estimate of drug-likeness (QED) is 0.185. The van der Waals surface area contributed by atoms with Crippen molar-refractivity contribution in [2.75, 3.05) is 18.5 Å². The SMILES string of the molecule is CCCCCCCCCC(CCCNc1ccc([N+](=O)[O-])cc1[N+](=O)[O-])OCC. The summed E-state index contributed by atoms with van der Waals surface area (Å²) in [5, 5.41) is 25.0. The minimum Gasteiger partial charge on any atom is -0.379 e. The Hall–Kier alpha value is -2.22. The van der Waals surface area contributed by atoms with Crippen molar-refractivity contribution in [3.8, 4) is 0 Å². The maximum absolute atomic E-state index is 11.2. The van der Waals surface area contributed by atoms with Gasteiger partial charge in [0.1, 0.15) is 5.69 Å². The number of nitro groups is 2. The van der Waals surface area contributed by atoms with E-state index in [0.717, 1.165) is 31.7 Å². The van der Waals surface area contributed by atoms with Crippen LogP contribution in [0.15, 0.2) is 18.2 Å². The van der Waals surface area contributed by atoms with Crippen LogP contribution in [0.1, 0.15) is 78.1 Å². The normalized spacial score (nSPS) is 11.9. The van der Waals surface area contributed by atoms with Gasteiger partial charge in [-0.1, -0.05) is 51.9 Å². The third-order valence-electron chi connectivity index (χ3n) is 4.94. The molecule has 164 valence electrons. The van der Waals surface area contributed by atoms with Gasteiger partial charge in [-0.2, -0.15) is 0 Å². The van der Waals surface area contributed by atoms with Gasteiger partial charge in [-0.15, -0.1) is 0 Å². The third kappa shape index (κ3) is 10.2. The second-order valence-electron chi connectivity index (χ2n) is 7.27. The van der Waals surface area contributed by atoms with Gasteiger partial charge in [-0.05, 0) is 32.3 Å². The molecule has 0 bridgehead atoms. The van der Waals surface area contributed by atoms with Crippen molar-refractivity contribution >= 4 is 17.1 Å². The molecular weight excluding hydrogens is 374 g/mol. The van der Waals surface area contributed by atoms with Crippen LogP contribution in [0.3, 0.4) is 0 Å². The predicted molar refractivity (Wildman–Crippen MR) is 115 cm³/mol. The van der Waals surface area contributed by atoms with Gasteiger partial charge in [0.15, 0.2) is 0 Å². The molecular formula is C21H35N3O5. The molecule has 0 spiro atoms. The number of hydrogen-bond acceptors (Lipinski definition) is 6. The molecule has 29 heavy (non-hydrogen) atoms. The molecule has 0 fully saturated rings. The fourth-order valence-electron chi connectivity index (χ4n) is 3.36. The molecule has 8 heteroatoms. The van der Waals surface area contributed by atoms with E-state index in [0.29, 0.717) is 18.8 Å². The van der Waals surface area contributed by atoms with Gasteiger partial charge < -0.3 is 10.1 Å². The van der Waals surface area contributed by atoms with E-state index in [-0.39, 0.29) is 17.5 Å². The number of benzene rings is 1. The maximum Gasteiger partial charge on any atom is 0.299 e. The van der Waals surface area contributed by atoms with Gasteiger partial charge in [-0.25, -0.2) is 0 Å². The Morgan fingerprint density at radius 1 is 0.931 bits per heavy atom. The van der Waals surface area contributed by atoms with E-state index in [1.54, 1.807) is 0 Å². The molecule has 0 saturated heterocycles. The van der Waals surface area contributed by atoms with Gasteiger partial charge >= 0.3 is 0 Å². The number of anilines is 1. The van der Waals surface area contributed by atoms with E-state index >= 15 is 0 Å². The summed E-state index contributed by atoms with van der Waals surface area (Å²) < 4.78 is 5.83. The van der Waals surface area contributed by atoms with Crippen molar-refractivity contribution in [2.45, 2.75) is 84.2 Å². The van der Waals surface area contributed by atoms with Gasteiger partial charge in [-0.3, -0.25) is 20.2 Å². The van der Waals surface area contributed by atoms with Crippen molar-refractivity contribution in [2.24, 2.45) is 0 Å². The molecule has 1 N–H and O–H groups in total. The lowest BCUT2D eigenvalue weighted by Gasteiger charge is -2.17. The molecule has 1 aromatic rings. The first-order chi connectivity index (χ1) is 14.0. The summed E-state index contributed by atoms with van der Waals surface area (Å²) in [6.45, 7) is 5.46. The summed E-state index contributed by atoms with van der Waals surface area (Å²) in [6, 6.07) is 3.67. The molecule has 1 atom stereocenters. The lowest BCUT2D eigenvalue weighted by molar-refractivity contribution is -0.393. The molecule has 0 aliphatic carbocycles. The zero-order valence-electron chi connectivity index (χ0n) is 17.7. The van der Waals surface area contributed by atoms with E-state index in [4.69, 9.17) is 4.74 Å². The van der Waals surface area contributed by atoms with Gasteiger partial charge in [0.25, 0.3) is 11.4 Å². The van der Waals surface area contributed by atoms with E-state index < -0.39 is 9.85 Å². The second-order valence-corrected chi connectivity index (χ2v) is 7.27. The third-order valence-corrected chi connectivity index (χ3v) is 4.94. The lowest BCUT2D eigenvalue weighted by Crippen LogP contribution is -2.15. The molecule has 1 rings (SSSR count). The standard InChI is InChI=1S/C21H35N3O5/c1-3-5-6-7-8-9-10-12-19(29-4-2)13-11-16-22-20-15-14-18(23(25)26)17-21(20)24(27)28/h14-15,17,19,22H,3-13,16H2,1-2H3. The largest absolute Gasteiger partial charge is 0.379 e. The van der Waals surface area contributed by atoms with Gasteiger partial charge in [0.05, 0.1) is 22.0 Å². The van der Waals surface area contributed by atoms with Gasteiger partial charge in [0, 0.05) is 19.2 Å². The van der Waals surface area contributed by atoms with Crippen LogP contribution in [0, 0.1) is 20.2 Å². The van der Waals surface area contributed by atoms with Gasteiger partial charge in [0.2, 0.25) is 0 Å². The van der Waals surface area contributed by atoms with Crippen molar-refractivity contribution in [1.29, 1.82) is 0 Å². The molecule has 8 nitrogen and oxygen atoms in total. The summed E-state index contributed by atoms with van der Waals surface area (Å²) in [6.07, 6.45) is 11.9. The average Bonchev–Trinajstić information content (AvgIpc) is 2.70. The molecule has 0 aliphatic rings. The first-order valence-corrected chi connectivity index (χ1v) is 10.8. The van der Waals surface area contributed by atoms with Crippen LogP contribution in [-0.2, 0) is 4.74 Å². The topological polar surface area (TPSA) is 108 Å². The molecule has 0 aromatic heterocycles. The molecule has 0 aliphatic heterocycles. The number of nitrogens with one attached hydrogen (secondary N) is 1. The van der Waals surface area contributed by atoms with E-state index in [2.05, 4.69) is 12.2 Å². The lowest BCUT2D eigenvalue weighted by atomic mass is 10.0. The monoisotopic (exact) mass is 409 g/mol. The van der Waals surface area contributed by atoms with Crippen molar-refractivity contribution in [1.82, 2.24) is 0 Å². The van der Waals surface area contributed by atoms with E-state index in [1.165, 1.54) is 50.7 Å². The van der Waals surface area contributed by atoms with Crippen molar-refractivity contribution in [3.63, 3.8) is 0 Å². The maximum atomic E-state index is 11.2. The minimum absolute atomic E-state index is 0.212. The Kier molecular flexibility index (Phi) is 12.6. The highest BCUT2D eigenvalue weighted by molar-refractivity contribution is 5.65. The summed E-state index contributed by atoms with van der Waals surface area (Å²) >= 11 is 0. The summed E-state index contributed by atoms with van der Waals surface area (Å²) in [4.78, 5) is 20.8. The van der Waals surface area contributed by atoms with E-state index in [9.17, 15) is 20.2 Å². The molecule has 0 heterocycles. The van der Waals surface area contributed by atoms with Crippen molar-refractivity contribution < 1.29 is 14.6 Å². The second kappa shape index (κ2) is 14.7. The summed E-state index contributed by atoms with van der Waals surface area (Å²) in [7, 11) is 0. The van der Waals surface area contributed by atoms with Crippen LogP contribution in [0.2, 0.25) is 0 Å². The first-order valence-electron chi connectivity index (χ1n) is 10.8. The Balaban J connectivity index is 2.38. The number of rotatable bonds is 17. The van der Waals surface area contributed by atoms with Crippen LogP contribution in [0.25, 0.3) is 0 Å². The highest BCUT2D eigenvalue weighted by Crippen LogP contribution is 2.29. The van der Waals surface area contributed by atoms with E-state index in [1.807, 2.05) is 6.92 Å². The number of nitrogens with zero attached hydrogens (tertiary/aromatic N) is 2. The zero-order valence-corrected chi connectivity index (χ0v) is 17.7. The molecule has 0 radical (unpaired) electrons. The number of hydrogen-bond donors (Lipinski definition) is 1. The molecule has 0 amide bonds. The Morgan fingerprint density at radius 3 is 2.21 bits per heavy atom. The highest BCUT2D eigenvalue weighted by atomic mass is 16.6. The van der Waals surface area contributed by atoms with Crippen LogP contribution >= 0.6 is 0 Å². The number of non-ortho nitro benzene ring substituents is 1. The van der Waals surface area contributed by atoms with Crippen LogP contribution in [0.5, 0.6) is 0 Å². The fourth-order valence-corrected chi connectivity index (χ4v) is 3.36. The first kappa shape index (κ1) is 24.8. The Labute approximate surface area is 173 Å². The smallest absolute Gasteiger partial charge is 0.299 e. The fraction of sp³-hybridized carbons (Fsp3) is 0.714. The average molecular weight is 410 g/mol. The summed E-state index contributed by atoms with van der Waals surface area (Å²) in [5.74, 6) is 0. The van der Waals surface area contributed by atoms with Crippen LogP contribution in [-0.4, -0.2) is 29.1 Å². The number of unbranched alkanes of at least 4 members (excludes halogenated alkanes) is 6. The molecule has 1 aromatic carbocycles. The minimum atomic E-state index is -0.632. The van der Waals surface area contributed by atoms with Crippen LogP contribution < -0.4 is 5.32 Å². The van der Waals surface area contributed by atoms with Crippen molar-refractivity contribution in [3.05, 3.63) is 38.4 Å². The Morgan fingerprint density at radius 2 is 1.59 bits per heavy atom. The zero-order chi connectivity index (χ0) is 21.5. The summed E-state index contributed by atoms with van der Waals surface area (Å²) in [5.41, 5.74) is -0.252. The van der Waals surface area contributed by atoms with Crippen LogP contribution in [0.4, 0.5) is 17.1 Å². The number of ether oxygens (including phenoxy) is 1. The Bertz CT molecular complexity index is 624.